The van der Waals surface area contributed by atoms with Gasteiger partial charge in [-0.1, -0.05) is 25.0 Å². The van der Waals surface area contributed by atoms with Crippen LogP contribution in [-0.2, 0) is 4.79 Å². The number of likely N-dealkylation sites (N-methyl/N-ethyl adjacent to an activating group) is 1. The molecular weight excluding hydrogens is 295 g/mol. The molecule has 0 bridgehead atoms. The van der Waals surface area contributed by atoms with Crippen LogP contribution in [0.2, 0.25) is 0 Å². The number of hydrogen-bond acceptors (Lipinski definition) is 3. The molecule has 1 saturated carbocycles. The summed E-state index contributed by atoms with van der Waals surface area (Å²) in [5.74, 6) is -0.271. The predicted octanol–water partition coefficient (Wildman–Crippen LogP) is 2.63. The second-order valence-corrected chi connectivity index (χ2v) is 6.41. The minimum Gasteiger partial charge on any atom is -0.394 e. The molecule has 1 atom stereocenters. The van der Waals surface area contributed by atoms with E-state index in [1.54, 1.807) is 17.0 Å². The first kappa shape index (κ1) is 17.9. The molecule has 1 amide bonds. The fraction of sp³-hybridized carbons (Fsp3) is 0.611. The Morgan fingerprint density at radius 1 is 1.35 bits per heavy atom. The minimum atomic E-state index is -0.297. The van der Waals surface area contributed by atoms with Crippen molar-refractivity contribution in [3.63, 3.8) is 0 Å². The molecule has 1 aromatic carbocycles. The number of rotatable bonds is 7. The van der Waals surface area contributed by atoms with Gasteiger partial charge in [-0.15, -0.1) is 0 Å². The largest absolute Gasteiger partial charge is 0.394 e. The number of aliphatic hydroxyl groups is 1. The quantitative estimate of drug-likeness (QED) is 0.811. The van der Waals surface area contributed by atoms with Crippen LogP contribution in [0, 0.1) is 5.82 Å². The highest BCUT2D eigenvalue weighted by molar-refractivity contribution is 5.78. The van der Waals surface area contributed by atoms with Crippen LogP contribution in [0.5, 0.6) is 0 Å². The Hall–Kier alpha value is -1.46. The van der Waals surface area contributed by atoms with E-state index in [0.29, 0.717) is 6.54 Å². The fourth-order valence-corrected chi connectivity index (χ4v) is 3.39. The van der Waals surface area contributed by atoms with E-state index in [-0.39, 0.29) is 36.5 Å². The zero-order valence-electron chi connectivity index (χ0n) is 14.0. The summed E-state index contributed by atoms with van der Waals surface area (Å²) in [7, 11) is 0. The lowest BCUT2D eigenvalue weighted by atomic mass is 9.99. The van der Waals surface area contributed by atoms with Crippen molar-refractivity contribution in [2.75, 3.05) is 19.7 Å². The molecule has 1 unspecified atom stereocenters. The number of benzene rings is 1. The topological polar surface area (TPSA) is 52.6 Å². The van der Waals surface area contributed by atoms with Crippen LogP contribution in [0.15, 0.2) is 24.3 Å². The van der Waals surface area contributed by atoms with E-state index in [9.17, 15) is 14.3 Å². The molecule has 4 nitrogen and oxygen atoms in total. The van der Waals surface area contributed by atoms with Crippen molar-refractivity contribution in [3.05, 3.63) is 35.6 Å². The molecule has 0 saturated heterocycles. The fourth-order valence-electron chi connectivity index (χ4n) is 3.39. The van der Waals surface area contributed by atoms with Crippen LogP contribution in [0.1, 0.15) is 51.1 Å². The van der Waals surface area contributed by atoms with Crippen LogP contribution in [0.4, 0.5) is 4.39 Å². The SMILES string of the molecule is CCN(C(=O)CNC1(CO)CCCC1)C(C)c1ccc(F)cc1. The summed E-state index contributed by atoms with van der Waals surface area (Å²) >= 11 is 0. The van der Waals surface area contributed by atoms with Crippen LogP contribution >= 0.6 is 0 Å². The maximum absolute atomic E-state index is 13.1. The van der Waals surface area contributed by atoms with Crippen LogP contribution < -0.4 is 5.32 Å². The number of halogens is 1. The third-order valence-electron chi connectivity index (χ3n) is 4.96. The van der Waals surface area contributed by atoms with Crippen molar-refractivity contribution < 1.29 is 14.3 Å². The molecular formula is C18H27FN2O2. The summed E-state index contributed by atoms with van der Waals surface area (Å²) in [6, 6.07) is 6.16. The number of hydrogen-bond donors (Lipinski definition) is 2. The Labute approximate surface area is 137 Å². The molecule has 0 aliphatic heterocycles. The van der Waals surface area contributed by atoms with Gasteiger partial charge in [0.15, 0.2) is 0 Å². The van der Waals surface area contributed by atoms with Gasteiger partial charge in [0.25, 0.3) is 0 Å². The van der Waals surface area contributed by atoms with Crippen molar-refractivity contribution in [2.24, 2.45) is 0 Å². The van der Waals surface area contributed by atoms with Gasteiger partial charge in [-0.05, 0) is 44.4 Å². The first-order valence-corrected chi connectivity index (χ1v) is 8.42. The molecule has 0 spiro atoms. The monoisotopic (exact) mass is 322 g/mol. The van der Waals surface area contributed by atoms with Gasteiger partial charge in [-0.2, -0.15) is 0 Å². The number of nitrogens with zero attached hydrogens (tertiary/aromatic N) is 1. The van der Waals surface area contributed by atoms with Gasteiger partial charge in [-0.3, -0.25) is 4.79 Å². The third-order valence-corrected chi connectivity index (χ3v) is 4.96. The number of carbonyl (C=O) groups is 1. The number of nitrogens with one attached hydrogen (secondary N) is 1. The second-order valence-electron chi connectivity index (χ2n) is 6.41. The summed E-state index contributed by atoms with van der Waals surface area (Å²) in [5.41, 5.74) is 0.619. The van der Waals surface area contributed by atoms with E-state index >= 15 is 0 Å². The smallest absolute Gasteiger partial charge is 0.237 e. The lowest BCUT2D eigenvalue weighted by molar-refractivity contribution is -0.132. The average molecular weight is 322 g/mol. The molecule has 2 N–H and O–H groups in total. The molecule has 1 fully saturated rings. The molecule has 0 heterocycles. The van der Waals surface area contributed by atoms with Crippen molar-refractivity contribution >= 4 is 5.91 Å². The van der Waals surface area contributed by atoms with E-state index in [0.717, 1.165) is 31.2 Å². The Balaban J connectivity index is 1.99. The van der Waals surface area contributed by atoms with Crippen LogP contribution in [0.3, 0.4) is 0 Å². The molecule has 1 aromatic rings. The third kappa shape index (κ3) is 4.30. The predicted molar refractivity (Wildman–Crippen MR) is 88.5 cm³/mol. The van der Waals surface area contributed by atoms with Crippen LogP contribution in [-0.4, -0.2) is 41.1 Å². The Bertz CT molecular complexity index is 512. The number of amides is 1. The maximum Gasteiger partial charge on any atom is 0.237 e. The second kappa shape index (κ2) is 7.88. The summed E-state index contributed by atoms with van der Waals surface area (Å²) in [6.07, 6.45) is 4.00. The van der Waals surface area contributed by atoms with Crippen LogP contribution in [0.25, 0.3) is 0 Å². The summed E-state index contributed by atoms with van der Waals surface area (Å²) in [6.45, 7) is 4.77. The molecule has 2 rings (SSSR count). The molecule has 1 aliphatic carbocycles. The van der Waals surface area contributed by atoms with E-state index in [2.05, 4.69) is 5.32 Å². The first-order valence-electron chi connectivity index (χ1n) is 8.42. The average Bonchev–Trinajstić information content (AvgIpc) is 3.03. The summed E-state index contributed by atoms with van der Waals surface area (Å²) in [4.78, 5) is 14.4. The lowest BCUT2D eigenvalue weighted by Crippen LogP contribution is -2.51. The van der Waals surface area contributed by atoms with E-state index in [1.165, 1.54) is 12.1 Å². The lowest BCUT2D eigenvalue weighted by Gasteiger charge is -2.32. The molecule has 0 radical (unpaired) electrons. The zero-order chi connectivity index (χ0) is 16.9. The molecule has 128 valence electrons. The highest BCUT2D eigenvalue weighted by Crippen LogP contribution is 2.29. The van der Waals surface area contributed by atoms with Crippen molar-refractivity contribution in [3.8, 4) is 0 Å². The highest BCUT2D eigenvalue weighted by Gasteiger charge is 2.33. The molecule has 1 aliphatic rings. The Morgan fingerprint density at radius 3 is 2.48 bits per heavy atom. The maximum atomic E-state index is 13.1. The van der Waals surface area contributed by atoms with E-state index in [4.69, 9.17) is 0 Å². The number of carbonyl (C=O) groups excluding carboxylic acids is 1. The highest BCUT2D eigenvalue weighted by atomic mass is 19.1. The standard InChI is InChI=1S/C18H27FN2O2/c1-3-21(14(2)15-6-8-16(19)9-7-15)17(23)12-20-18(13-22)10-4-5-11-18/h6-9,14,20,22H,3-5,10-13H2,1-2H3. The first-order chi connectivity index (χ1) is 11.0. The summed E-state index contributed by atoms with van der Waals surface area (Å²) in [5, 5.41) is 12.9. The van der Waals surface area contributed by atoms with Crippen molar-refractivity contribution in [1.82, 2.24) is 10.2 Å². The molecule has 5 heteroatoms. The molecule has 23 heavy (non-hydrogen) atoms. The summed E-state index contributed by atoms with van der Waals surface area (Å²) < 4.78 is 13.1. The number of aliphatic hydroxyl groups excluding tert-OH is 1. The van der Waals surface area contributed by atoms with Gasteiger partial charge in [0, 0.05) is 12.1 Å². The Morgan fingerprint density at radius 2 is 1.96 bits per heavy atom. The van der Waals surface area contributed by atoms with Crippen molar-refractivity contribution in [1.29, 1.82) is 0 Å². The minimum absolute atomic E-state index is 0.00375. The van der Waals surface area contributed by atoms with Gasteiger partial charge in [0.05, 0.1) is 19.2 Å². The van der Waals surface area contributed by atoms with Gasteiger partial charge < -0.3 is 15.3 Å². The van der Waals surface area contributed by atoms with E-state index in [1.807, 2.05) is 13.8 Å². The normalized spacial score (nSPS) is 17.9. The van der Waals surface area contributed by atoms with Gasteiger partial charge in [-0.25, -0.2) is 4.39 Å². The van der Waals surface area contributed by atoms with Gasteiger partial charge in [0.1, 0.15) is 5.82 Å². The van der Waals surface area contributed by atoms with E-state index < -0.39 is 0 Å². The van der Waals surface area contributed by atoms with Gasteiger partial charge in [0.2, 0.25) is 5.91 Å². The van der Waals surface area contributed by atoms with Crippen molar-refractivity contribution in [2.45, 2.75) is 51.1 Å². The zero-order valence-corrected chi connectivity index (χ0v) is 14.0. The van der Waals surface area contributed by atoms with Gasteiger partial charge >= 0.3 is 0 Å². The Kier molecular flexibility index (Phi) is 6.13. The molecule has 0 aromatic heterocycles.